The van der Waals surface area contributed by atoms with E-state index in [0.717, 1.165) is 49.0 Å². The van der Waals surface area contributed by atoms with Crippen molar-refractivity contribution in [3.05, 3.63) is 71.0 Å². The molecule has 1 aromatic heterocycles. The number of benzene rings is 2. The van der Waals surface area contributed by atoms with Crippen molar-refractivity contribution in [1.82, 2.24) is 9.78 Å². The van der Waals surface area contributed by atoms with Crippen LogP contribution in [0.3, 0.4) is 0 Å². The van der Waals surface area contributed by atoms with E-state index < -0.39 is 11.9 Å². The first-order valence-electron chi connectivity index (χ1n) is 9.98. The van der Waals surface area contributed by atoms with Crippen LogP contribution in [0.1, 0.15) is 51.4 Å². The van der Waals surface area contributed by atoms with Gasteiger partial charge in [-0.1, -0.05) is 30.7 Å². The van der Waals surface area contributed by atoms with Crippen LogP contribution in [0.4, 0.5) is 5.69 Å². The lowest BCUT2D eigenvalue weighted by Gasteiger charge is -2.10. The van der Waals surface area contributed by atoms with Crippen LogP contribution < -0.4 is 5.32 Å². The Morgan fingerprint density at radius 1 is 1.03 bits per heavy atom. The van der Waals surface area contributed by atoms with E-state index in [2.05, 4.69) is 15.2 Å². The Labute approximate surface area is 174 Å². The van der Waals surface area contributed by atoms with E-state index in [1.165, 1.54) is 19.2 Å². The van der Waals surface area contributed by atoms with Crippen molar-refractivity contribution in [2.24, 2.45) is 0 Å². The van der Waals surface area contributed by atoms with Crippen molar-refractivity contribution >= 4 is 17.6 Å². The van der Waals surface area contributed by atoms with Gasteiger partial charge in [-0.2, -0.15) is 5.10 Å². The third-order valence-corrected chi connectivity index (χ3v) is 5.34. The van der Waals surface area contributed by atoms with Gasteiger partial charge in [-0.15, -0.1) is 0 Å². The van der Waals surface area contributed by atoms with Crippen molar-refractivity contribution in [2.45, 2.75) is 32.1 Å². The number of anilines is 1. The topological polar surface area (TPSA) is 93.5 Å². The monoisotopic (exact) mass is 405 g/mol. The normalized spacial score (nSPS) is 13.2. The summed E-state index contributed by atoms with van der Waals surface area (Å²) in [6, 6.07) is 14.3. The van der Waals surface area contributed by atoms with E-state index in [4.69, 9.17) is 0 Å². The number of phenols is 1. The van der Waals surface area contributed by atoms with Crippen molar-refractivity contribution in [1.29, 1.82) is 0 Å². The number of hydrogen-bond acceptors (Lipinski definition) is 5. The number of amides is 1. The fourth-order valence-electron chi connectivity index (χ4n) is 3.84. The molecule has 7 nitrogen and oxygen atoms in total. The number of carbonyl (C=O) groups excluding carboxylic acids is 2. The predicted molar refractivity (Wildman–Crippen MR) is 112 cm³/mol. The highest BCUT2D eigenvalue weighted by molar-refractivity contribution is 6.06. The third-order valence-electron chi connectivity index (χ3n) is 5.34. The number of fused-ring (bicyclic) bond motifs is 1. The first kappa shape index (κ1) is 19.7. The van der Waals surface area contributed by atoms with Crippen LogP contribution >= 0.6 is 0 Å². The minimum Gasteiger partial charge on any atom is -0.505 e. The largest absolute Gasteiger partial charge is 0.505 e. The maximum Gasteiger partial charge on any atom is 0.341 e. The van der Waals surface area contributed by atoms with E-state index in [0.29, 0.717) is 5.69 Å². The molecule has 2 N–H and O–H groups in total. The van der Waals surface area contributed by atoms with E-state index in [-0.39, 0.29) is 17.0 Å². The molecule has 0 radical (unpaired) electrons. The molecule has 1 aliphatic rings. The van der Waals surface area contributed by atoms with Gasteiger partial charge < -0.3 is 15.2 Å². The SMILES string of the molecule is COC(=O)c1cccc(NC(=O)c2nn(-c3ccccc3)c3c2CCCCC3)c1O. The molecule has 0 saturated carbocycles. The second-order valence-electron chi connectivity index (χ2n) is 7.23. The lowest BCUT2D eigenvalue weighted by Crippen LogP contribution is -2.16. The lowest BCUT2D eigenvalue weighted by molar-refractivity contribution is 0.0597. The molecule has 1 amide bonds. The summed E-state index contributed by atoms with van der Waals surface area (Å²) in [5, 5.41) is 17.8. The average Bonchev–Trinajstić information content (AvgIpc) is 2.96. The van der Waals surface area contributed by atoms with Crippen molar-refractivity contribution < 1.29 is 19.4 Å². The minimum atomic E-state index is -0.675. The van der Waals surface area contributed by atoms with Gasteiger partial charge in [0.15, 0.2) is 11.4 Å². The van der Waals surface area contributed by atoms with Gasteiger partial charge in [0, 0.05) is 11.3 Å². The molecule has 2 aromatic carbocycles. The molecule has 0 bridgehead atoms. The maximum atomic E-state index is 13.1. The molecule has 0 spiro atoms. The molecule has 1 heterocycles. The fraction of sp³-hybridized carbons (Fsp3) is 0.261. The van der Waals surface area contributed by atoms with Crippen molar-refractivity contribution in [3.63, 3.8) is 0 Å². The summed E-state index contributed by atoms with van der Waals surface area (Å²) in [5.74, 6) is -1.42. The van der Waals surface area contributed by atoms with Gasteiger partial charge >= 0.3 is 5.97 Å². The number of esters is 1. The smallest absolute Gasteiger partial charge is 0.341 e. The van der Waals surface area contributed by atoms with Crippen LogP contribution in [0.5, 0.6) is 5.75 Å². The zero-order valence-corrected chi connectivity index (χ0v) is 16.7. The molecule has 3 aromatic rings. The van der Waals surface area contributed by atoms with E-state index in [9.17, 15) is 14.7 Å². The second kappa shape index (κ2) is 8.41. The number of aromatic hydroxyl groups is 1. The van der Waals surface area contributed by atoms with Gasteiger partial charge in [0.25, 0.3) is 5.91 Å². The Morgan fingerprint density at radius 2 is 1.80 bits per heavy atom. The molecule has 0 aliphatic heterocycles. The highest BCUT2D eigenvalue weighted by Crippen LogP contribution is 2.30. The maximum absolute atomic E-state index is 13.1. The molecular weight excluding hydrogens is 382 g/mol. The number of rotatable bonds is 4. The van der Waals surface area contributed by atoms with Crippen molar-refractivity contribution in [3.8, 4) is 11.4 Å². The molecule has 4 rings (SSSR count). The number of ether oxygens (including phenoxy) is 1. The number of nitrogens with zero attached hydrogens (tertiary/aromatic N) is 2. The van der Waals surface area contributed by atoms with Gasteiger partial charge in [-0.3, -0.25) is 4.79 Å². The standard InChI is InChI=1S/C23H23N3O4/c1-30-23(29)17-12-8-13-18(21(17)27)24-22(28)20-16-11-6-3-7-14-19(16)26(25-20)15-9-4-2-5-10-15/h2,4-5,8-10,12-13,27H,3,6-7,11,14H2,1H3,(H,24,28). The van der Waals surface area contributed by atoms with Gasteiger partial charge in [0.05, 0.1) is 18.5 Å². The minimum absolute atomic E-state index is 0.0102. The number of phenolic OH excluding ortho intramolecular Hbond substituents is 1. The van der Waals surface area contributed by atoms with Crippen LogP contribution in [0.2, 0.25) is 0 Å². The molecule has 1 aliphatic carbocycles. The Morgan fingerprint density at radius 3 is 2.57 bits per heavy atom. The summed E-state index contributed by atoms with van der Waals surface area (Å²) in [5.41, 5.74) is 3.38. The van der Waals surface area contributed by atoms with Gasteiger partial charge in [0.1, 0.15) is 5.56 Å². The summed E-state index contributed by atoms with van der Waals surface area (Å²) in [6.45, 7) is 0. The lowest BCUT2D eigenvalue weighted by atomic mass is 10.1. The van der Waals surface area contributed by atoms with E-state index in [1.807, 2.05) is 35.0 Å². The molecule has 154 valence electrons. The Kier molecular flexibility index (Phi) is 5.52. The summed E-state index contributed by atoms with van der Waals surface area (Å²) < 4.78 is 6.52. The summed E-state index contributed by atoms with van der Waals surface area (Å²) >= 11 is 0. The molecule has 0 atom stereocenters. The van der Waals surface area contributed by atoms with E-state index >= 15 is 0 Å². The van der Waals surface area contributed by atoms with Crippen LogP contribution in [-0.2, 0) is 17.6 Å². The summed E-state index contributed by atoms with van der Waals surface area (Å²) in [6.07, 6.45) is 4.78. The van der Waals surface area contributed by atoms with Crippen LogP contribution in [0.25, 0.3) is 5.69 Å². The zero-order chi connectivity index (χ0) is 21.1. The number of methoxy groups -OCH3 is 1. The van der Waals surface area contributed by atoms with Gasteiger partial charge in [-0.05, 0) is 49.9 Å². The quantitative estimate of drug-likeness (QED) is 0.390. The Balaban J connectivity index is 1.72. The molecule has 0 saturated heterocycles. The third kappa shape index (κ3) is 3.66. The number of carbonyl (C=O) groups is 2. The molecule has 0 unspecified atom stereocenters. The first-order valence-corrected chi connectivity index (χ1v) is 9.98. The van der Waals surface area contributed by atoms with Crippen LogP contribution in [0.15, 0.2) is 48.5 Å². The molecule has 7 heteroatoms. The number of nitrogens with one attached hydrogen (secondary N) is 1. The molecule has 30 heavy (non-hydrogen) atoms. The van der Waals surface area contributed by atoms with Crippen LogP contribution in [0, 0.1) is 0 Å². The Hall–Kier alpha value is -3.61. The summed E-state index contributed by atoms with van der Waals surface area (Å²) in [4.78, 5) is 25.0. The van der Waals surface area contributed by atoms with Gasteiger partial charge in [0.2, 0.25) is 0 Å². The number of hydrogen-bond donors (Lipinski definition) is 2. The first-order chi connectivity index (χ1) is 14.6. The molecule has 0 fully saturated rings. The number of para-hydroxylation sites is 2. The second-order valence-corrected chi connectivity index (χ2v) is 7.23. The molecular formula is C23H23N3O4. The fourth-order valence-corrected chi connectivity index (χ4v) is 3.84. The van der Waals surface area contributed by atoms with E-state index in [1.54, 1.807) is 6.07 Å². The zero-order valence-electron chi connectivity index (χ0n) is 16.7. The number of aromatic nitrogens is 2. The van der Waals surface area contributed by atoms with Gasteiger partial charge in [-0.25, -0.2) is 9.48 Å². The predicted octanol–water partition coefficient (Wildman–Crippen LogP) is 3.89. The Bertz CT molecular complexity index is 1090. The highest BCUT2D eigenvalue weighted by atomic mass is 16.5. The average molecular weight is 405 g/mol. The highest BCUT2D eigenvalue weighted by Gasteiger charge is 2.26. The van der Waals surface area contributed by atoms with Crippen LogP contribution in [-0.4, -0.2) is 33.9 Å². The summed E-state index contributed by atoms with van der Waals surface area (Å²) in [7, 11) is 1.23. The van der Waals surface area contributed by atoms with Crippen molar-refractivity contribution in [2.75, 3.05) is 12.4 Å².